The van der Waals surface area contributed by atoms with Crippen LogP contribution in [0.4, 0.5) is 0 Å². The van der Waals surface area contributed by atoms with Gasteiger partial charge in [-0.25, -0.2) is 9.78 Å². The molecule has 5 nitrogen and oxygen atoms in total. The van der Waals surface area contributed by atoms with E-state index in [1.165, 1.54) is 4.90 Å². The van der Waals surface area contributed by atoms with Crippen LogP contribution in [0, 0.1) is 5.92 Å². The number of carbonyl (C=O) groups excluding carboxylic acids is 1. The van der Waals surface area contributed by atoms with Crippen molar-refractivity contribution in [1.29, 1.82) is 0 Å². The molecule has 0 spiro atoms. The minimum Gasteiger partial charge on any atom is -0.480 e. The number of likely N-dealkylation sites (tertiary alicyclic amines) is 1. The van der Waals surface area contributed by atoms with Gasteiger partial charge in [0.25, 0.3) is 5.91 Å². The molecule has 1 fully saturated rings. The SMILES string of the molecule is CC1CCCN(C(=O)c2cccc(Cl)n2)C1C(=O)O. The van der Waals surface area contributed by atoms with E-state index < -0.39 is 12.0 Å². The molecule has 2 atom stereocenters. The van der Waals surface area contributed by atoms with Gasteiger partial charge < -0.3 is 10.0 Å². The van der Waals surface area contributed by atoms with Gasteiger partial charge in [0, 0.05) is 6.54 Å². The zero-order chi connectivity index (χ0) is 14.0. The summed E-state index contributed by atoms with van der Waals surface area (Å²) in [6, 6.07) is 3.96. The Balaban J connectivity index is 2.28. The largest absolute Gasteiger partial charge is 0.480 e. The highest BCUT2D eigenvalue weighted by Crippen LogP contribution is 2.25. The molecule has 1 amide bonds. The van der Waals surface area contributed by atoms with Crippen LogP contribution in [-0.2, 0) is 4.79 Å². The predicted molar refractivity (Wildman–Crippen MR) is 70.1 cm³/mol. The molecule has 6 heteroatoms. The number of halogens is 1. The Labute approximate surface area is 116 Å². The van der Waals surface area contributed by atoms with Gasteiger partial charge in [-0.15, -0.1) is 0 Å². The molecule has 0 aliphatic carbocycles. The molecular weight excluding hydrogens is 268 g/mol. The van der Waals surface area contributed by atoms with Crippen molar-refractivity contribution in [3.05, 3.63) is 29.0 Å². The van der Waals surface area contributed by atoms with Gasteiger partial charge in [-0.3, -0.25) is 4.79 Å². The Hall–Kier alpha value is -1.62. The summed E-state index contributed by atoms with van der Waals surface area (Å²) in [6.45, 7) is 2.29. The number of carboxylic acids is 1. The second-order valence-electron chi connectivity index (χ2n) is 4.75. The first-order valence-corrected chi connectivity index (χ1v) is 6.55. The van der Waals surface area contributed by atoms with E-state index in [0.29, 0.717) is 6.54 Å². The van der Waals surface area contributed by atoms with Crippen LogP contribution in [0.25, 0.3) is 0 Å². The fourth-order valence-corrected chi connectivity index (χ4v) is 2.63. The summed E-state index contributed by atoms with van der Waals surface area (Å²) in [5.74, 6) is -1.40. The third kappa shape index (κ3) is 2.87. The Morgan fingerprint density at radius 2 is 2.21 bits per heavy atom. The molecule has 19 heavy (non-hydrogen) atoms. The maximum atomic E-state index is 12.4. The van der Waals surface area contributed by atoms with E-state index in [2.05, 4.69) is 4.98 Å². The molecule has 0 radical (unpaired) electrons. The molecule has 1 aliphatic heterocycles. The van der Waals surface area contributed by atoms with Crippen LogP contribution in [0.2, 0.25) is 5.15 Å². The number of carboxylic acid groups (broad SMARTS) is 1. The second-order valence-corrected chi connectivity index (χ2v) is 5.13. The van der Waals surface area contributed by atoms with Crippen LogP contribution in [0.15, 0.2) is 18.2 Å². The number of aliphatic carboxylic acids is 1. The number of hydrogen-bond donors (Lipinski definition) is 1. The number of pyridine rings is 1. The molecule has 1 saturated heterocycles. The molecule has 1 aliphatic rings. The molecule has 1 N–H and O–H groups in total. The minimum atomic E-state index is -0.970. The third-order valence-corrected chi connectivity index (χ3v) is 3.59. The van der Waals surface area contributed by atoms with E-state index in [1.807, 2.05) is 6.92 Å². The van der Waals surface area contributed by atoms with Gasteiger partial charge in [0.15, 0.2) is 0 Å². The highest BCUT2D eigenvalue weighted by atomic mass is 35.5. The van der Waals surface area contributed by atoms with E-state index >= 15 is 0 Å². The first-order chi connectivity index (χ1) is 9.00. The zero-order valence-corrected chi connectivity index (χ0v) is 11.3. The fourth-order valence-electron chi connectivity index (χ4n) is 2.47. The van der Waals surface area contributed by atoms with Crippen molar-refractivity contribution in [3.63, 3.8) is 0 Å². The molecule has 2 heterocycles. The maximum Gasteiger partial charge on any atom is 0.326 e. The van der Waals surface area contributed by atoms with Crippen LogP contribution >= 0.6 is 11.6 Å². The number of nitrogens with zero attached hydrogens (tertiary/aromatic N) is 2. The van der Waals surface area contributed by atoms with Gasteiger partial charge in [0.05, 0.1) is 0 Å². The fraction of sp³-hybridized carbons (Fsp3) is 0.462. The van der Waals surface area contributed by atoms with Crippen molar-refractivity contribution in [2.75, 3.05) is 6.54 Å². The topological polar surface area (TPSA) is 70.5 Å². The minimum absolute atomic E-state index is 0.0608. The number of carbonyl (C=O) groups is 2. The molecule has 0 bridgehead atoms. The molecule has 0 aromatic carbocycles. The van der Waals surface area contributed by atoms with E-state index in [-0.39, 0.29) is 22.7 Å². The zero-order valence-electron chi connectivity index (χ0n) is 10.5. The van der Waals surface area contributed by atoms with E-state index in [1.54, 1.807) is 18.2 Å². The Bertz CT molecular complexity index is 506. The van der Waals surface area contributed by atoms with Gasteiger partial charge in [-0.1, -0.05) is 24.6 Å². The normalized spacial score (nSPS) is 23.2. The molecular formula is C13H15ClN2O3. The lowest BCUT2D eigenvalue weighted by molar-refractivity contribution is -0.145. The van der Waals surface area contributed by atoms with Crippen LogP contribution < -0.4 is 0 Å². The first-order valence-electron chi connectivity index (χ1n) is 6.17. The summed E-state index contributed by atoms with van der Waals surface area (Å²) in [6.07, 6.45) is 1.61. The maximum absolute atomic E-state index is 12.4. The molecule has 1 aromatic heterocycles. The average Bonchev–Trinajstić information content (AvgIpc) is 2.37. The first kappa shape index (κ1) is 13.8. The summed E-state index contributed by atoms with van der Waals surface area (Å²) in [4.78, 5) is 29.0. The second kappa shape index (κ2) is 5.57. The van der Waals surface area contributed by atoms with Crippen LogP contribution in [0.5, 0.6) is 0 Å². The summed E-state index contributed by atoms with van der Waals surface area (Å²) in [5.41, 5.74) is 0.188. The van der Waals surface area contributed by atoms with E-state index in [4.69, 9.17) is 11.6 Å². The van der Waals surface area contributed by atoms with Crippen molar-refractivity contribution in [2.24, 2.45) is 5.92 Å². The molecule has 102 valence electrons. The molecule has 2 unspecified atom stereocenters. The summed E-state index contributed by atoms with van der Waals surface area (Å²) in [7, 11) is 0. The smallest absolute Gasteiger partial charge is 0.326 e. The van der Waals surface area contributed by atoms with E-state index in [0.717, 1.165) is 12.8 Å². The van der Waals surface area contributed by atoms with Crippen molar-refractivity contribution in [3.8, 4) is 0 Å². The summed E-state index contributed by atoms with van der Waals surface area (Å²) >= 11 is 5.76. The van der Waals surface area contributed by atoms with Crippen molar-refractivity contribution >= 4 is 23.5 Å². The predicted octanol–water partition coefficient (Wildman–Crippen LogP) is 2.06. The standard InChI is InChI=1S/C13H15ClN2O3/c1-8-4-3-7-16(11(8)13(18)19)12(17)9-5-2-6-10(14)15-9/h2,5-6,8,11H,3-4,7H2,1H3,(H,18,19). The van der Waals surface area contributed by atoms with Gasteiger partial charge in [-0.05, 0) is 30.9 Å². The van der Waals surface area contributed by atoms with Crippen molar-refractivity contribution < 1.29 is 14.7 Å². The Morgan fingerprint density at radius 3 is 2.84 bits per heavy atom. The van der Waals surface area contributed by atoms with Crippen molar-refractivity contribution in [2.45, 2.75) is 25.8 Å². The van der Waals surface area contributed by atoms with Crippen LogP contribution in [0.1, 0.15) is 30.3 Å². The van der Waals surface area contributed by atoms with Gasteiger partial charge in [-0.2, -0.15) is 0 Å². The van der Waals surface area contributed by atoms with Crippen LogP contribution in [-0.4, -0.2) is 39.5 Å². The number of piperidine rings is 1. The van der Waals surface area contributed by atoms with Crippen molar-refractivity contribution in [1.82, 2.24) is 9.88 Å². The van der Waals surface area contributed by atoms with Gasteiger partial charge >= 0.3 is 5.97 Å². The quantitative estimate of drug-likeness (QED) is 0.843. The monoisotopic (exact) mass is 282 g/mol. The third-order valence-electron chi connectivity index (χ3n) is 3.38. The highest BCUT2D eigenvalue weighted by molar-refractivity contribution is 6.29. The lowest BCUT2D eigenvalue weighted by Crippen LogP contribution is -2.52. The molecule has 2 rings (SSSR count). The van der Waals surface area contributed by atoms with Gasteiger partial charge in [0.2, 0.25) is 0 Å². The Morgan fingerprint density at radius 1 is 1.47 bits per heavy atom. The van der Waals surface area contributed by atoms with Gasteiger partial charge in [0.1, 0.15) is 16.9 Å². The number of aromatic nitrogens is 1. The lowest BCUT2D eigenvalue weighted by atomic mass is 9.90. The molecule has 0 saturated carbocycles. The number of hydrogen-bond acceptors (Lipinski definition) is 3. The number of rotatable bonds is 2. The van der Waals surface area contributed by atoms with E-state index in [9.17, 15) is 14.7 Å². The summed E-state index contributed by atoms with van der Waals surface area (Å²) in [5, 5.41) is 9.51. The molecule has 1 aromatic rings. The lowest BCUT2D eigenvalue weighted by Gasteiger charge is -2.37. The number of amides is 1. The van der Waals surface area contributed by atoms with Crippen LogP contribution in [0.3, 0.4) is 0 Å². The summed E-state index contributed by atoms with van der Waals surface area (Å²) < 4.78 is 0. The average molecular weight is 283 g/mol. The highest BCUT2D eigenvalue weighted by Gasteiger charge is 2.37. The Kier molecular flexibility index (Phi) is 4.04.